The van der Waals surface area contributed by atoms with Crippen LogP contribution in [-0.4, -0.2) is 7.11 Å². The van der Waals surface area contributed by atoms with Crippen LogP contribution in [0.1, 0.15) is 11.1 Å². The molecule has 0 amide bonds. The number of anilines is 1. The summed E-state index contributed by atoms with van der Waals surface area (Å²) in [5.74, 6) is 0.643. The first kappa shape index (κ1) is 14.2. The summed E-state index contributed by atoms with van der Waals surface area (Å²) in [7, 11) is 1.53. The molecule has 0 unspecified atom stereocenters. The van der Waals surface area contributed by atoms with Crippen LogP contribution >= 0.6 is 0 Å². The summed E-state index contributed by atoms with van der Waals surface area (Å²) >= 11 is 0. The number of halogens is 3. The fraction of sp³-hybridized carbons (Fsp3) is 0.200. The van der Waals surface area contributed by atoms with E-state index in [1.165, 1.54) is 19.2 Å². The highest BCUT2D eigenvalue weighted by molar-refractivity contribution is 5.53. The maximum atomic E-state index is 12.9. The van der Waals surface area contributed by atoms with Gasteiger partial charge in [-0.1, -0.05) is 30.3 Å². The fourth-order valence-corrected chi connectivity index (χ4v) is 1.92. The van der Waals surface area contributed by atoms with E-state index >= 15 is 0 Å². The number of hydrogen-bond acceptors (Lipinski definition) is 2. The third kappa shape index (κ3) is 3.23. The highest BCUT2D eigenvalue weighted by Crippen LogP contribution is 2.34. The minimum absolute atomic E-state index is 0.0610. The molecule has 0 aliphatic rings. The third-order valence-electron chi connectivity index (χ3n) is 2.89. The fourth-order valence-electron chi connectivity index (χ4n) is 1.92. The van der Waals surface area contributed by atoms with Gasteiger partial charge >= 0.3 is 6.18 Å². The standard InChI is InChI=1S/C15H14F3NO/c1-20-14-9-5-2-6-11(14)10-19-13-8-4-3-7-12(13)15(16,17)18/h2-9,19H,10H2,1H3. The van der Waals surface area contributed by atoms with Crippen LogP contribution in [0.15, 0.2) is 48.5 Å². The van der Waals surface area contributed by atoms with Crippen LogP contribution < -0.4 is 10.1 Å². The number of para-hydroxylation sites is 2. The lowest BCUT2D eigenvalue weighted by Crippen LogP contribution is -2.11. The second-order valence-electron chi connectivity index (χ2n) is 4.21. The summed E-state index contributed by atoms with van der Waals surface area (Å²) in [6, 6.07) is 12.6. The van der Waals surface area contributed by atoms with Crippen molar-refractivity contribution in [3.05, 3.63) is 59.7 Å². The maximum absolute atomic E-state index is 12.9. The molecule has 0 saturated heterocycles. The first-order chi connectivity index (χ1) is 9.52. The lowest BCUT2D eigenvalue weighted by atomic mass is 10.1. The van der Waals surface area contributed by atoms with Crippen molar-refractivity contribution >= 4 is 5.69 Å². The molecular weight excluding hydrogens is 267 g/mol. The summed E-state index contributed by atoms with van der Waals surface area (Å²) in [4.78, 5) is 0. The van der Waals surface area contributed by atoms with Gasteiger partial charge in [-0.3, -0.25) is 0 Å². The molecule has 0 spiro atoms. The molecule has 2 rings (SSSR count). The smallest absolute Gasteiger partial charge is 0.418 e. The molecule has 0 fully saturated rings. The first-order valence-electron chi connectivity index (χ1n) is 6.04. The maximum Gasteiger partial charge on any atom is 0.418 e. The Morgan fingerprint density at radius 1 is 1.00 bits per heavy atom. The summed E-state index contributed by atoms with van der Waals surface area (Å²) < 4.78 is 43.7. The van der Waals surface area contributed by atoms with E-state index in [0.29, 0.717) is 5.75 Å². The van der Waals surface area contributed by atoms with Crippen LogP contribution in [0.3, 0.4) is 0 Å². The number of ether oxygens (including phenoxy) is 1. The normalized spacial score (nSPS) is 11.2. The summed E-state index contributed by atoms with van der Waals surface area (Å²) in [5.41, 5.74) is 0.188. The van der Waals surface area contributed by atoms with Gasteiger partial charge < -0.3 is 10.1 Å². The number of hydrogen-bond donors (Lipinski definition) is 1. The number of benzene rings is 2. The van der Waals surface area contributed by atoms with Crippen molar-refractivity contribution < 1.29 is 17.9 Å². The lowest BCUT2D eigenvalue weighted by Gasteiger charge is -2.15. The molecule has 0 radical (unpaired) electrons. The Bertz CT molecular complexity index is 581. The predicted octanol–water partition coefficient (Wildman–Crippen LogP) is 4.33. The summed E-state index contributed by atoms with van der Waals surface area (Å²) in [6.07, 6.45) is -4.37. The van der Waals surface area contributed by atoms with Gasteiger partial charge in [-0.2, -0.15) is 13.2 Å². The molecule has 0 aliphatic carbocycles. The average Bonchev–Trinajstić information content (AvgIpc) is 2.44. The third-order valence-corrected chi connectivity index (χ3v) is 2.89. The lowest BCUT2D eigenvalue weighted by molar-refractivity contribution is -0.136. The van der Waals surface area contributed by atoms with Crippen LogP contribution in [0.2, 0.25) is 0 Å². The Labute approximate surface area is 115 Å². The molecule has 0 bridgehead atoms. The topological polar surface area (TPSA) is 21.3 Å². The van der Waals surface area contributed by atoms with Gasteiger partial charge in [0.05, 0.1) is 12.7 Å². The molecule has 5 heteroatoms. The van der Waals surface area contributed by atoms with E-state index in [-0.39, 0.29) is 12.2 Å². The van der Waals surface area contributed by atoms with Crippen molar-refractivity contribution in [2.75, 3.05) is 12.4 Å². The van der Waals surface area contributed by atoms with Gasteiger partial charge in [0, 0.05) is 17.8 Å². The number of nitrogens with one attached hydrogen (secondary N) is 1. The van der Waals surface area contributed by atoms with Gasteiger partial charge in [0.2, 0.25) is 0 Å². The molecule has 106 valence electrons. The first-order valence-corrected chi connectivity index (χ1v) is 6.04. The zero-order valence-corrected chi connectivity index (χ0v) is 10.9. The number of alkyl halides is 3. The van der Waals surface area contributed by atoms with Gasteiger partial charge in [-0.15, -0.1) is 0 Å². The highest BCUT2D eigenvalue weighted by atomic mass is 19.4. The molecule has 0 aromatic heterocycles. The Hall–Kier alpha value is -2.17. The van der Waals surface area contributed by atoms with Crippen molar-refractivity contribution in [2.45, 2.75) is 12.7 Å². The Balaban J connectivity index is 2.20. The molecule has 2 nitrogen and oxygen atoms in total. The second kappa shape index (κ2) is 5.86. The minimum Gasteiger partial charge on any atom is -0.496 e. The van der Waals surface area contributed by atoms with E-state index in [1.54, 1.807) is 12.1 Å². The predicted molar refractivity (Wildman–Crippen MR) is 71.8 cm³/mol. The van der Waals surface area contributed by atoms with Gasteiger partial charge in [0.25, 0.3) is 0 Å². The molecule has 20 heavy (non-hydrogen) atoms. The summed E-state index contributed by atoms with van der Waals surface area (Å²) in [6.45, 7) is 0.261. The van der Waals surface area contributed by atoms with E-state index in [0.717, 1.165) is 11.6 Å². The zero-order valence-electron chi connectivity index (χ0n) is 10.9. The van der Waals surface area contributed by atoms with Crippen LogP contribution in [0.5, 0.6) is 5.75 Å². The van der Waals surface area contributed by atoms with E-state index in [4.69, 9.17) is 4.74 Å². The minimum atomic E-state index is -4.37. The monoisotopic (exact) mass is 281 g/mol. The number of methoxy groups -OCH3 is 1. The van der Waals surface area contributed by atoms with Crippen molar-refractivity contribution in [1.82, 2.24) is 0 Å². The molecular formula is C15H14F3NO. The van der Waals surface area contributed by atoms with Gasteiger partial charge in [0.1, 0.15) is 5.75 Å². The largest absolute Gasteiger partial charge is 0.496 e. The van der Waals surface area contributed by atoms with Crippen molar-refractivity contribution in [3.8, 4) is 5.75 Å². The van der Waals surface area contributed by atoms with Crippen molar-refractivity contribution in [1.29, 1.82) is 0 Å². The molecule has 0 atom stereocenters. The Kier molecular flexibility index (Phi) is 4.17. The molecule has 0 heterocycles. The molecule has 2 aromatic carbocycles. The number of rotatable bonds is 4. The quantitative estimate of drug-likeness (QED) is 0.900. The van der Waals surface area contributed by atoms with E-state index in [1.807, 2.05) is 18.2 Å². The van der Waals surface area contributed by atoms with E-state index in [2.05, 4.69) is 5.32 Å². The van der Waals surface area contributed by atoms with Crippen LogP contribution in [0, 0.1) is 0 Å². The molecule has 0 saturated carbocycles. The van der Waals surface area contributed by atoms with Crippen LogP contribution in [0.4, 0.5) is 18.9 Å². The highest BCUT2D eigenvalue weighted by Gasteiger charge is 2.33. The van der Waals surface area contributed by atoms with Crippen molar-refractivity contribution in [3.63, 3.8) is 0 Å². The summed E-state index contributed by atoms with van der Waals surface area (Å²) in [5, 5.41) is 2.81. The van der Waals surface area contributed by atoms with Gasteiger partial charge in [-0.25, -0.2) is 0 Å². The van der Waals surface area contributed by atoms with Crippen LogP contribution in [0.25, 0.3) is 0 Å². The van der Waals surface area contributed by atoms with E-state index in [9.17, 15) is 13.2 Å². The molecule has 0 aliphatic heterocycles. The zero-order chi connectivity index (χ0) is 14.6. The van der Waals surface area contributed by atoms with Crippen LogP contribution in [-0.2, 0) is 12.7 Å². The Morgan fingerprint density at radius 3 is 2.35 bits per heavy atom. The SMILES string of the molecule is COc1ccccc1CNc1ccccc1C(F)(F)F. The van der Waals surface area contributed by atoms with Gasteiger partial charge in [-0.05, 0) is 18.2 Å². The average molecular weight is 281 g/mol. The second-order valence-corrected chi connectivity index (χ2v) is 4.21. The van der Waals surface area contributed by atoms with Crippen molar-refractivity contribution in [2.24, 2.45) is 0 Å². The van der Waals surface area contributed by atoms with E-state index < -0.39 is 11.7 Å². The Morgan fingerprint density at radius 2 is 1.65 bits per heavy atom. The van der Waals surface area contributed by atoms with Gasteiger partial charge in [0.15, 0.2) is 0 Å². The molecule has 2 aromatic rings. The molecule has 1 N–H and O–H groups in total.